The van der Waals surface area contributed by atoms with Crippen molar-refractivity contribution < 1.29 is 9.59 Å². The second kappa shape index (κ2) is 6.42. The second-order valence-corrected chi connectivity index (χ2v) is 6.27. The van der Waals surface area contributed by atoms with E-state index in [-0.39, 0.29) is 24.1 Å². The fourth-order valence-corrected chi connectivity index (χ4v) is 3.11. The van der Waals surface area contributed by atoms with Gasteiger partial charge in [0.15, 0.2) is 0 Å². The summed E-state index contributed by atoms with van der Waals surface area (Å²) in [6.07, 6.45) is 0. The van der Waals surface area contributed by atoms with Gasteiger partial charge in [-0.15, -0.1) is 11.8 Å². The van der Waals surface area contributed by atoms with Crippen molar-refractivity contribution in [3.63, 3.8) is 0 Å². The quantitative estimate of drug-likeness (QED) is 0.876. The first-order chi connectivity index (χ1) is 10.6. The van der Waals surface area contributed by atoms with Crippen LogP contribution in [0.15, 0.2) is 53.4 Å². The van der Waals surface area contributed by atoms with Crippen LogP contribution in [0.4, 0.5) is 11.4 Å². The molecule has 0 unspecified atom stereocenters. The van der Waals surface area contributed by atoms with Gasteiger partial charge in [0, 0.05) is 9.92 Å². The topological polar surface area (TPSA) is 49.4 Å². The van der Waals surface area contributed by atoms with Gasteiger partial charge in [-0.2, -0.15) is 0 Å². The molecule has 0 saturated carbocycles. The lowest BCUT2D eigenvalue weighted by atomic mass is 10.2. The van der Waals surface area contributed by atoms with Crippen LogP contribution in [0.25, 0.3) is 0 Å². The van der Waals surface area contributed by atoms with Crippen LogP contribution in [-0.2, 0) is 9.59 Å². The Morgan fingerprint density at radius 3 is 2.68 bits per heavy atom. The van der Waals surface area contributed by atoms with Gasteiger partial charge in [0.2, 0.25) is 11.8 Å². The van der Waals surface area contributed by atoms with E-state index in [1.54, 1.807) is 18.2 Å². The molecule has 112 valence electrons. The summed E-state index contributed by atoms with van der Waals surface area (Å²) in [6, 6.07) is 14.6. The van der Waals surface area contributed by atoms with Crippen LogP contribution >= 0.6 is 23.4 Å². The number of rotatable bonds is 3. The lowest BCUT2D eigenvalue weighted by Gasteiger charge is -2.29. The Labute approximate surface area is 137 Å². The predicted molar refractivity (Wildman–Crippen MR) is 89.6 cm³/mol. The highest BCUT2D eigenvalue weighted by atomic mass is 35.5. The molecule has 0 fully saturated rings. The van der Waals surface area contributed by atoms with Gasteiger partial charge in [0.1, 0.15) is 6.54 Å². The molecule has 1 N–H and O–H groups in total. The molecular formula is C16H13ClN2O2S. The number of benzene rings is 2. The van der Waals surface area contributed by atoms with Crippen molar-refractivity contribution in [2.45, 2.75) is 4.90 Å². The Morgan fingerprint density at radius 1 is 1.18 bits per heavy atom. The second-order valence-electron chi connectivity index (χ2n) is 4.79. The van der Waals surface area contributed by atoms with E-state index >= 15 is 0 Å². The van der Waals surface area contributed by atoms with Gasteiger partial charge in [-0.25, -0.2) is 0 Å². The minimum atomic E-state index is -0.177. The highest BCUT2D eigenvalue weighted by molar-refractivity contribution is 8.00. The number of nitrogens with zero attached hydrogens (tertiary/aromatic N) is 1. The summed E-state index contributed by atoms with van der Waals surface area (Å²) in [5, 5.41) is 3.43. The number of hydrogen-bond donors (Lipinski definition) is 1. The molecular weight excluding hydrogens is 320 g/mol. The van der Waals surface area contributed by atoms with Crippen molar-refractivity contribution in [1.29, 1.82) is 0 Å². The van der Waals surface area contributed by atoms with Crippen LogP contribution in [-0.4, -0.2) is 24.1 Å². The first-order valence-corrected chi connectivity index (χ1v) is 8.07. The largest absolute Gasteiger partial charge is 0.323 e. The Balaban J connectivity index is 1.72. The summed E-state index contributed by atoms with van der Waals surface area (Å²) >= 11 is 7.26. The van der Waals surface area contributed by atoms with Gasteiger partial charge >= 0.3 is 0 Å². The molecule has 2 aromatic carbocycles. The van der Waals surface area contributed by atoms with E-state index in [1.165, 1.54) is 16.7 Å². The highest BCUT2D eigenvalue weighted by Crippen LogP contribution is 2.30. The number of carbonyl (C=O) groups is 2. The molecule has 0 saturated heterocycles. The van der Waals surface area contributed by atoms with Gasteiger partial charge in [0.05, 0.1) is 17.1 Å². The average molecular weight is 333 g/mol. The molecule has 0 aromatic heterocycles. The summed E-state index contributed by atoms with van der Waals surface area (Å²) in [7, 11) is 0. The zero-order valence-electron chi connectivity index (χ0n) is 11.6. The third-order valence-electron chi connectivity index (χ3n) is 3.25. The van der Waals surface area contributed by atoms with Gasteiger partial charge in [-0.05, 0) is 36.4 Å². The van der Waals surface area contributed by atoms with Gasteiger partial charge in [-0.3, -0.25) is 9.59 Å². The number of hydrogen-bond acceptors (Lipinski definition) is 3. The number of para-hydroxylation sites is 2. The zero-order chi connectivity index (χ0) is 15.5. The Hall–Kier alpha value is -1.98. The van der Waals surface area contributed by atoms with Crippen molar-refractivity contribution in [3.8, 4) is 0 Å². The number of thioether (sulfide) groups is 1. The summed E-state index contributed by atoms with van der Waals surface area (Å²) in [5.74, 6) is -0.00530. The van der Waals surface area contributed by atoms with E-state index in [0.717, 1.165) is 10.6 Å². The lowest BCUT2D eigenvalue weighted by Crippen LogP contribution is -2.43. The molecule has 3 rings (SSSR count). The maximum atomic E-state index is 12.4. The third-order valence-corrected chi connectivity index (χ3v) is 4.50. The molecule has 0 aliphatic carbocycles. The molecule has 2 amide bonds. The van der Waals surface area contributed by atoms with Crippen molar-refractivity contribution in [1.82, 2.24) is 0 Å². The summed E-state index contributed by atoms with van der Waals surface area (Å²) < 4.78 is 0. The van der Waals surface area contributed by atoms with E-state index in [9.17, 15) is 9.59 Å². The smallest absolute Gasteiger partial charge is 0.244 e. The third kappa shape index (κ3) is 3.26. The maximum Gasteiger partial charge on any atom is 0.244 e. The fraction of sp³-hybridized carbons (Fsp3) is 0.125. The number of anilines is 2. The molecule has 6 heteroatoms. The summed E-state index contributed by atoms with van der Waals surface area (Å²) in [6.45, 7) is 0.0526. The standard InChI is InChI=1S/C16H13ClN2O2S/c17-11-5-7-12(8-6-11)22-10-16(21)19-9-15(20)18-13-3-1-2-4-14(13)19/h1-8H,9-10H2,(H,18,20). The minimum absolute atomic E-state index is 0.0526. The molecule has 4 nitrogen and oxygen atoms in total. The maximum absolute atomic E-state index is 12.4. The van der Waals surface area contributed by atoms with Crippen molar-refractivity contribution >= 4 is 46.6 Å². The van der Waals surface area contributed by atoms with Crippen LogP contribution in [0.1, 0.15) is 0 Å². The van der Waals surface area contributed by atoms with E-state index in [0.29, 0.717) is 10.7 Å². The summed E-state index contributed by atoms with van der Waals surface area (Å²) in [4.78, 5) is 26.7. The van der Waals surface area contributed by atoms with E-state index < -0.39 is 0 Å². The monoisotopic (exact) mass is 332 g/mol. The number of amides is 2. The molecule has 22 heavy (non-hydrogen) atoms. The number of carbonyl (C=O) groups excluding carboxylic acids is 2. The molecule has 1 aliphatic rings. The molecule has 1 heterocycles. The van der Waals surface area contributed by atoms with E-state index in [4.69, 9.17) is 11.6 Å². The molecule has 0 bridgehead atoms. The highest BCUT2D eigenvalue weighted by Gasteiger charge is 2.26. The minimum Gasteiger partial charge on any atom is -0.323 e. The first-order valence-electron chi connectivity index (χ1n) is 6.71. The van der Waals surface area contributed by atoms with Crippen LogP contribution in [0.3, 0.4) is 0 Å². The number of nitrogens with one attached hydrogen (secondary N) is 1. The lowest BCUT2D eigenvalue weighted by molar-refractivity contribution is -0.120. The fourth-order valence-electron chi connectivity index (χ4n) is 2.21. The first kappa shape index (κ1) is 14.9. The van der Waals surface area contributed by atoms with Crippen LogP contribution < -0.4 is 10.2 Å². The molecule has 0 spiro atoms. The van der Waals surface area contributed by atoms with Crippen molar-refractivity contribution in [2.24, 2.45) is 0 Å². The number of halogens is 1. The summed E-state index contributed by atoms with van der Waals surface area (Å²) in [5.41, 5.74) is 1.41. The zero-order valence-corrected chi connectivity index (χ0v) is 13.2. The van der Waals surface area contributed by atoms with Crippen LogP contribution in [0.5, 0.6) is 0 Å². The van der Waals surface area contributed by atoms with Gasteiger partial charge in [0.25, 0.3) is 0 Å². The Kier molecular flexibility index (Phi) is 4.36. The molecule has 2 aromatic rings. The van der Waals surface area contributed by atoms with Gasteiger partial charge in [-0.1, -0.05) is 23.7 Å². The molecule has 0 atom stereocenters. The number of fused-ring (bicyclic) bond motifs is 1. The van der Waals surface area contributed by atoms with E-state index in [1.807, 2.05) is 30.3 Å². The predicted octanol–water partition coefficient (Wildman–Crippen LogP) is 3.42. The molecule has 1 aliphatic heterocycles. The van der Waals surface area contributed by atoms with Gasteiger partial charge < -0.3 is 10.2 Å². The Bertz CT molecular complexity index is 718. The van der Waals surface area contributed by atoms with Crippen molar-refractivity contribution in [2.75, 3.05) is 22.5 Å². The van der Waals surface area contributed by atoms with Crippen LogP contribution in [0, 0.1) is 0 Å². The Morgan fingerprint density at radius 2 is 1.91 bits per heavy atom. The van der Waals surface area contributed by atoms with Crippen molar-refractivity contribution in [3.05, 3.63) is 53.6 Å². The van der Waals surface area contributed by atoms with Crippen LogP contribution in [0.2, 0.25) is 5.02 Å². The normalized spacial score (nSPS) is 13.5. The van der Waals surface area contributed by atoms with E-state index in [2.05, 4.69) is 5.32 Å². The average Bonchev–Trinajstić information content (AvgIpc) is 2.53. The molecule has 0 radical (unpaired) electrons. The SMILES string of the molecule is O=C1CN(C(=O)CSc2ccc(Cl)cc2)c2ccccc2N1.